The third-order valence-electron chi connectivity index (χ3n) is 2.73. The highest BCUT2D eigenvalue weighted by atomic mass is 32.2. The van der Waals surface area contributed by atoms with Gasteiger partial charge < -0.3 is 5.11 Å². The van der Waals surface area contributed by atoms with Crippen LogP contribution in [0.1, 0.15) is 28.2 Å². The van der Waals surface area contributed by atoms with Gasteiger partial charge in [-0.3, -0.25) is 4.79 Å². The number of fused-ring (bicyclic) bond motifs is 1. The quantitative estimate of drug-likeness (QED) is 0.872. The number of aryl methyl sites for hydroxylation is 1. The minimum Gasteiger partial charge on any atom is -0.481 e. The van der Waals surface area contributed by atoms with E-state index in [4.69, 9.17) is 5.11 Å². The molecule has 16 heavy (non-hydrogen) atoms. The molecule has 0 spiro atoms. The van der Waals surface area contributed by atoms with E-state index >= 15 is 0 Å². The summed E-state index contributed by atoms with van der Waals surface area (Å²) in [6, 6.07) is 1.73. The van der Waals surface area contributed by atoms with E-state index in [2.05, 4.69) is 0 Å². The Morgan fingerprint density at radius 2 is 2.25 bits per heavy atom. The molecule has 1 aromatic heterocycles. The van der Waals surface area contributed by atoms with Crippen LogP contribution in [0, 0.1) is 0 Å². The van der Waals surface area contributed by atoms with Crippen molar-refractivity contribution >= 4 is 27.1 Å². The molecule has 0 radical (unpaired) electrons. The molecule has 1 aliphatic heterocycles. The number of hydrogen-bond donors (Lipinski definition) is 1. The highest BCUT2D eigenvalue weighted by molar-refractivity contribution is 7.90. The van der Waals surface area contributed by atoms with Gasteiger partial charge in [-0.15, -0.1) is 11.3 Å². The molecule has 2 rings (SSSR count). The lowest BCUT2D eigenvalue weighted by Gasteiger charge is -2.10. The number of carboxylic acid groups (broad SMARTS) is 1. The Balaban J connectivity index is 2.35. The average Bonchev–Trinajstić information content (AvgIpc) is 2.57. The van der Waals surface area contributed by atoms with Crippen LogP contribution in [-0.2, 0) is 26.8 Å². The summed E-state index contributed by atoms with van der Waals surface area (Å²) in [5.41, 5.74) is 0.791. The van der Waals surface area contributed by atoms with Crippen molar-refractivity contribution in [2.24, 2.45) is 0 Å². The molecule has 4 nitrogen and oxygen atoms in total. The van der Waals surface area contributed by atoms with Gasteiger partial charge in [0.1, 0.15) is 0 Å². The predicted octanol–water partition coefficient (Wildman–Crippen LogP) is 1.41. The lowest BCUT2D eigenvalue weighted by Crippen LogP contribution is -2.16. The van der Waals surface area contributed by atoms with Gasteiger partial charge in [-0.1, -0.05) is 0 Å². The van der Waals surface area contributed by atoms with E-state index in [0.29, 0.717) is 6.42 Å². The molecule has 6 heteroatoms. The van der Waals surface area contributed by atoms with E-state index in [9.17, 15) is 13.2 Å². The molecule has 0 bridgehead atoms. The number of hydrogen-bond acceptors (Lipinski definition) is 4. The second-order valence-electron chi connectivity index (χ2n) is 4.00. The number of carboxylic acids is 1. The molecule has 2 heterocycles. The van der Waals surface area contributed by atoms with Crippen LogP contribution in [0.3, 0.4) is 0 Å². The SMILES string of the molecule is CC(C(=O)O)c1cc2c(s1)CCS(=O)(=O)C2. The summed E-state index contributed by atoms with van der Waals surface area (Å²) < 4.78 is 22.8. The topological polar surface area (TPSA) is 71.4 Å². The first-order valence-electron chi connectivity index (χ1n) is 4.94. The van der Waals surface area contributed by atoms with Crippen molar-refractivity contribution in [2.45, 2.75) is 25.0 Å². The van der Waals surface area contributed by atoms with Gasteiger partial charge in [0.15, 0.2) is 9.84 Å². The van der Waals surface area contributed by atoms with Crippen LogP contribution in [0.2, 0.25) is 0 Å². The zero-order valence-electron chi connectivity index (χ0n) is 8.76. The molecule has 1 unspecified atom stereocenters. The van der Waals surface area contributed by atoms with Crippen molar-refractivity contribution in [1.29, 1.82) is 0 Å². The second-order valence-corrected chi connectivity index (χ2v) is 7.35. The van der Waals surface area contributed by atoms with Gasteiger partial charge in [-0.25, -0.2) is 8.42 Å². The Hall–Kier alpha value is -0.880. The Bertz CT molecular complexity index is 527. The monoisotopic (exact) mass is 260 g/mol. The number of aliphatic carboxylic acids is 1. The van der Waals surface area contributed by atoms with Gasteiger partial charge in [0.25, 0.3) is 0 Å². The molecule has 1 atom stereocenters. The summed E-state index contributed by atoms with van der Waals surface area (Å²) >= 11 is 1.43. The van der Waals surface area contributed by atoms with E-state index in [0.717, 1.165) is 15.3 Å². The molecule has 0 aromatic carbocycles. The second kappa shape index (κ2) is 3.85. The van der Waals surface area contributed by atoms with Gasteiger partial charge >= 0.3 is 5.97 Å². The van der Waals surface area contributed by atoms with Crippen molar-refractivity contribution in [3.8, 4) is 0 Å². The van der Waals surface area contributed by atoms with E-state index in [1.807, 2.05) is 0 Å². The molecule has 0 aliphatic carbocycles. The van der Waals surface area contributed by atoms with Gasteiger partial charge in [-0.2, -0.15) is 0 Å². The Morgan fingerprint density at radius 3 is 2.88 bits per heavy atom. The zero-order chi connectivity index (χ0) is 11.9. The number of sulfone groups is 1. The predicted molar refractivity (Wildman–Crippen MR) is 61.6 cm³/mol. The number of rotatable bonds is 2. The lowest BCUT2D eigenvalue weighted by atomic mass is 10.1. The molecule has 1 aliphatic rings. The Kier molecular flexibility index (Phi) is 2.79. The summed E-state index contributed by atoms with van der Waals surface area (Å²) in [5, 5.41) is 8.89. The molecule has 0 saturated carbocycles. The smallest absolute Gasteiger partial charge is 0.311 e. The maximum atomic E-state index is 11.4. The molecular weight excluding hydrogens is 248 g/mol. The van der Waals surface area contributed by atoms with Crippen LogP contribution >= 0.6 is 11.3 Å². The van der Waals surface area contributed by atoms with Crippen LogP contribution in [0.5, 0.6) is 0 Å². The fourth-order valence-electron chi connectivity index (χ4n) is 1.72. The largest absolute Gasteiger partial charge is 0.481 e. The first-order chi connectivity index (χ1) is 7.39. The third-order valence-corrected chi connectivity index (χ3v) is 5.73. The molecule has 0 saturated heterocycles. The third kappa shape index (κ3) is 2.12. The minimum absolute atomic E-state index is 0.0607. The van der Waals surface area contributed by atoms with Crippen molar-refractivity contribution in [1.82, 2.24) is 0 Å². The van der Waals surface area contributed by atoms with E-state index in [1.54, 1.807) is 13.0 Å². The van der Waals surface area contributed by atoms with Crippen LogP contribution in [0.15, 0.2) is 6.07 Å². The molecule has 0 fully saturated rings. The lowest BCUT2D eigenvalue weighted by molar-refractivity contribution is -0.138. The zero-order valence-corrected chi connectivity index (χ0v) is 10.4. The summed E-state index contributed by atoms with van der Waals surface area (Å²) in [6.45, 7) is 1.62. The molecule has 88 valence electrons. The summed E-state index contributed by atoms with van der Waals surface area (Å²) in [5.74, 6) is -1.19. The van der Waals surface area contributed by atoms with Gasteiger partial charge in [0, 0.05) is 9.75 Å². The van der Waals surface area contributed by atoms with Crippen LogP contribution in [-0.4, -0.2) is 25.2 Å². The summed E-state index contributed by atoms with van der Waals surface area (Å²) in [6.07, 6.45) is 0.522. The van der Waals surface area contributed by atoms with E-state index in [-0.39, 0.29) is 11.5 Å². The molecular formula is C10H12O4S2. The highest BCUT2D eigenvalue weighted by Crippen LogP contribution is 2.33. The fraction of sp³-hybridized carbons (Fsp3) is 0.500. The fourth-order valence-corrected chi connectivity index (χ4v) is 4.56. The average molecular weight is 260 g/mol. The highest BCUT2D eigenvalue weighted by Gasteiger charge is 2.26. The Morgan fingerprint density at radius 1 is 1.56 bits per heavy atom. The summed E-state index contributed by atoms with van der Waals surface area (Å²) in [4.78, 5) is 12.6. The van der Waals surface area contributed by atoms with Crippen molar-refractivity contribution in [2.75, 3.05) is 5.75 Å². The first-order valence-corrected chi connectivity index (χ1v) is 7.57. The molecule has 1 aromatic rings. The normalized spacial score (nSPS) is 20.1. The maximum absolute atomic E-state index is 11.4. The van der Waals surface area contributed by atoms with Gasteiger partial charge in [0.05, 0.1) is 17.4 Å². The first kappa shape index (κ1) is 11.6. The maximum Gasteiger partial charge on any atom is 0.311 e. The standard InChI is InChI=1S/C10H12O4S2/c1-6(10(11)12)9-4-7-5-16(13,14)3-2-8(7)15-9/h4,6H,2-3,5H2,1H3,(H,11,12). The Labute approximate surface area is 97.8 Å². The van der Waals surface area contributed by atoms with Crippen molar-refractivity contribution in [3.63, 3.8) is 0 Å². The van der Waals surface area contributed by atoms with Crippen molar-refractivity contribution in [3.05, 3.63) is 21.4 Å². The number of thiophene rings is 1. The van der Waals surface area contributed by atoms with E-state index < -0.39 is 21.7 Å². The van der Waals surface area contributed by atoms with Crippen LogP contribution < -0.4 is 0 Å². The number of carbonyl (C=O) groups is 1. The summed E-state index contributed by atoms with van der Waals surface area (Å²) in [7, 11) is -2.97. The van der Waals surface area contributed by atoms with Crippen molar-refractivity contribution < 1.29 is 18.3 Å². The van der Waals surface area contributed by atoms with Gasteiger partial charge in [-0.05, 0) is 25.0 Å². The minimum atomic E-state index is -2.97. The van der Waals surface area contributed by atoms with Gasteiger partial charge in [0.2, 0.25) is 0 Å². The molecule has 1 N–H and O–H groups in total. The van der Waals surface area contributed by atoms with Crippen LogP contribution in [0.4, 0.5) is 0 Å². The molecule has 0 amide bonds. The van der Waals surface area contributed by atoms with Crippen LogP contribution in [0.25, 0.3) is 0 Å². The van der Waals surface area contributed by atoms with E-state index in [1.165, 1.54) is 11.3 Å².